The third-order valence-electron chi connectivity index (χ3n) is 5.51. The molecule has 0 unspecified atom stereocenters. The van der Waals surface area contributed by atoms with Gasteiger partial charge < -0.3 is 9.47 Å². The molecule has 0 saturated heterocycles. The van der Waals surface area contributed by atoms with Gasteiger partial charge in [-0.25, -0.2) is 55.1 Å². The van der Waals surface area contributed by atoms with Gasteiger partial charge in [0.15, 0.2) is 0 Å². The van der Waals surface area contributed by atoms with Gasteiger partial charge >= 0.3 is 11.9 Å². The molecular formula is C28H29BrF2N6O8S2. The molecule has 2 aromatic heterocycles. The maximum Gasteiger partial charge on any atom is 0.337 e. The predicted molar refractivity (Wildman–Crippen MR) is 172 cm³/mol. The minimum Gasteiger partial charge on any atom is -0.465 e. The van der Waals surface area contributed by atoms with Crippen molar-refractivity contribution in [3.63, 3.8) is 0 Å². The molecule has 0 radical (unpaired) electrons. The van der Waals surface area contributed by atoms with Crippen LogP contribution in [0.25, 0.3) is 0 Å². The molecule has 0 fully saturated rings. The van der Waals surface area contributed by atoms with E-state index in [4.69, 9.17) is 0 Å². The van der Waals surface area contributed by atoms with Crippen molar-refractivity contribution in [1.29, 1.82) is 0 Å². The van der Waals surface area contributed by atoms with Crippen molar-refractivity contribution in [2.45, 2.75) is 11.9 Å². The van der Waals surface area contributed by atoms with Gasteiger partial charge in [0.1, 0.15) is 24.3 Å². The van der Waals surface area contributed by atoms with E-state index in [9.17, 15) is 35.2 Å². The van der Waals surface area contributed by atoms with Gasteiger partial charge in [-0.15, -0.1) is 0 Å². The number of methoxy groups -OCH3 is 2. The molecule has 252 valence electrons. The lowest BCUT2D eigenvalue weighted by Crippen LogP contribution is -2.30. The molecule has 0 amide bonds. The normalized spacial score (nSPS) is 10.7. The molecule has 0 spiro atoms. The summed E-state index contributed by atoms with van der Waals surface area (Å²) in [4.78, 5) is 37.1. The van der Waals surface area contributed by atoms with Crippen LogP contribution in [0.4, 0.5) is 20.2 Å². The molecule has 2 aromatic carbocycles. The van der Waals surface area contributed by atoms with E-state index >= 15 is 0 Å². The monoisotopic (exact) mass is 758 g/mol. The van der Waals surface area contributed by atoms with E-state index in [2.05, 4.69) is 50.1 Å². The van der Waals surface area contributed by atoms with Crippen molar-refractivity contribution in [2.75, 3.05) is 35.8 Å². The molecule has 2 heterocycles. The third-order valence-corrected chi connectivity index (χ3v) is 7.86. The number of sulfonamides is 2. The Labute approximate surface area is 278 Å². The molecule has 0 saturated carbocycles. The minimum absolute atomic E-state index is 0.0442. The fraction of sp³-hybridized carbons (Fsp3) is 0.214. The summed E-state index contributed by atoms with van der Waals surface area (Å²) in [6, 6.07) is 7.96. The molecule has 1 N–H and O–H groups in total. The van der Waals surface area contributed by atoms with Gasteiger partial charge in [0.2, 0.25) is 20.0 Å². The quantitative estimate of drug-likeness (QED) is 0.193. The van der Waals surface area contributed by atoms with Gasteiger partial charge in [-0.1, -0.05) is 28.1 Å². The van der Waals surface area contributed by atoms with Gasteiger partial charge in [-0.05, 0) is 29.8 Å². The summed E-state index contributed by atoms with van der Waals surface area (Å²) >= 11 is 3.13. The molecule has 14 nitrogen and oxygen atoms in total. The van der Waals surface area contributed by atoms with E-state index in [0.717, 1.165) is 22.9 Å². The molecule has 0 atom stereocenters. The van der Waals surface area contributed by atoms with Crippen molar-refractivity contribution in [3.8, 4) is 0 Å². The summed E-state index contributed by atoms with van der Waals surface area (Å²) in [7, 11) is -4.42. The second kappa shape index (κ2) is 17.9. The van der Waals surface area contributed by atoms with Crippen molar-refractivity contribution in [3.05, 3.63) is 108 Å². The molecule has 19 heteroatoms. The average Bonchev–Trinajstić information content (AvgIpc) is 3.03. The molecule has 0 aliphatic rings. The van der Waals surface area contributed by atoms with Crippen LogP contribution in [0.15, 0.2) is 73.8 Å². The second-order valence-electron chi connectivity index (χ2n) is 9.10. The van der Waals surface area contributed by atoms with Crippen molar-refractivity contribution < 1.29 is 44.7 Å². The fourth-order valence-corrected chi connectivity index (χ4v) is 5.20. The first kappa shape index (κ1) is 38.6. The van der Waals surface area contributed by atoms with Crippen molar-refractivity contribution >= 4 is 59.3 Å². The number of nitrogens with zero attached hydrogens (tertiary/aromatic N) is 5. The molecule has 0 aliphatic heterocycles. The van der Waals surface area contributed by atoms with E-state index in [1.54, 1.807) is 6.07 Å². The largest absolute Gasteiger partial charge is 0.465 e. The number of alkyl halides is 1. The average molecular weight is 760 g/mol. The van der Waals surface area contributed by atoms with Gasteiger partial charge in [0.05, 0.1) is 80.6 Å². The maximum absolute atomic E-state index is 14.2. The van der Waals surface area contributed by atoms with E-state index in [-0.39, 0.29) is 28.9 Å². The zero-order valence-corrected chi connectivity index (χ0v) is 28.5. The lowest BCUT2D eigenvalue weighted by molar-refractivity contribution is 0.0591. The van der Waals surface area contributed by atoms with Crippen LogP contribution in [-0.2, 0) is 41.4 Å². The molecular weight excluding hydrogens is 730 g/mol. The van der Waals surface area contributed by atoms with Gasteiger partial charge in [0.25, 0.3) is 0 Å². The standard InChI is InChI=1S/C14H14FN3O4S.C9H8BrFO2.C5H7N3O2S/c1-22-14(19)10-3-4-11(13(15)5-10)8-18(23(2,20)21)12-6-16-9-17-7-12;1-13-9(12)6-2-3-7(5-10)8(11)4-6;1-11(9,10)8-5-2-6-4-7-3-5/h3-7,9H,8H2,1-2H3;2-4H,5H2,1H3;2-4,8H,1H3. The zero-order chi connectivity index (χ0) is 35.2. The van der Waals surface area contributed by atoms with Gasteiger partial charge in [-0.2, -0.15) is 0 Å². The van der Waals surface area contributed by atoms with Crippen LogP contribution in [0.1, 0.15) is 31.8 Å². The lowest BCUT2D eigenvalue weighted by atomic mass is 10.1. The minimum atomic E-state index is -3.67. The number of esters is 2. The number of hydrogen-bond acceptors (Lipinski definition) is 12. The predicted octanol–water partition coefficient (Wildman–Crippen LogP) is 3.72. The van der Waals surface area contributed by atoms with Crippen LogP contribution in [-0.4, -0.2) is 75.4 Å². The number of anilines is 2. The number of halogens is 3. The second-order valence-corrected chi connectivity index (χ2v) is 13.3. The van der Waals surface area contributed by atoms with Crippen LogP contribution >= 0.6 is 15.9 Å². The first-order chi connectivity index (χ1) is 22.1. The van der Waals surface area contributed by atoms with Crippen LogP contribution in [0.3, 0.4) is 0 Å². The van der Waals surface area contributed by atoms with Gasteiger partial charge in [-0.3, -0.25) is 9.03 Å². The van der Waals surface area contributed by atoms with Crippen LogP contribution < -0.4 is 9.03 Å². The summed E-state index contributed by atoms with van der Waals surface area (Å²) in [5, 5.41) is 0.431. The summed E-state index contributed by atoms with van der Waals surface area (Å²) in [5.41, 5.74) is 1.48. The Hall–Kier alpha value is -4.62. The van der Waals surface area contributed by atoms with Crippen LogP contribution in [0.5, 0.6) is 0 Å². The number of rotatable bonds is 9. The Kier molecular flexibility index (Phi) is 14.7. The molecule has 0 aliphatic carbocycles. The summed E-state index contributed by atoms with van der Waals surface area (Å²) < 4.78 is 84.6. The lowest BCUT2D eigenvalue weighted by Gasteiger charge is -2.22. The number of carbonyl (C=O) groups excluding carboxylic acids is 2. The summed E-state index contributed by atoms with van der Waals surface area (Å²) in [5.74, 6) is -2.31. The smallest absolute Gasteiger partial charge is 0.337 e. The summed E-state index contributed by atoms with van der Waals surface area (Å²) in [6.07, 6.45) is 10.1. The summed E-state index contributed by atoms with van der Waals surface area (Å²) in [6.45, 7) is -0.251. The first-order valence-corrected chi connectivity index (χ1v) is 17.7. The van der Waals surface area contributed by atoms with Crippen molar-refractivity contribution in [2.24, 2.45) is 0 Å². The van der Waals surface area contributed by atoms with E-state index < -0.39 is 43.6 Å². The number of ether oxygens (including phenoxy) is 2. The number of nitrogens with one attached hydrogen (secondary N) is 1. The highest BCUT2D eigenvalue weighted by atomic mass is 79.9. The van der Waals surface area contributed by atoms with Gasteiger partial charge in [0, 0.05) is 10.9 Å². The Balaban J connectivity index is 0.000000270. The molecule has 4 rings (SSSR count). The van der Waals surface area contributed by atoms with E-state index in [0.29, 0.717) is 16.6 Å². The first-order valence-electron chi connectivity index (χ1n) is 12.8. The number of hydrogen-bond donors (Lipinski definition) is 1. The number of benzene rings is 2. The van der Waals surface area contributed by atoms with Crippen molar-refractivity contribution in [1.82, 2.24) is 19.9 Å². The highest BCUT2D eigenvalue weighted by Gasteiger charge is 2.21. The molecule has 47 heavy (non-hydrogen) atoms. The fourth-order valence-electron chi connectivity index (χ4n) is 3.36. The highest BCUT2D eigenvalue weighted by Crippen LogP contribution is 2.21. The maximum atomic E-state index is 14.2. The molecule has 0 bridgehead atoms. The Morgan fingerprint density at radius 1 is 0.787 bits per heavy atom. The molecule has 4 aromatic rings. The van der Waals surface area contributed by atoms with Crippen LogP contribution in [0.2, 0.25) is 0 Å². The topological polar surface area (TPSA) is 188 Å². The Morgan fingerprint density at radius 3 is 1.62 bits per heavy atom. The Bertz CT molecular complexity index is 1870. The Morgan fingerprint density at radius 2 is 1.23 bits per heavy atom. The number of aromatic nitrogens is 4. The highest BCUT2D eigenvalue weighted by molar-refractivity contribution is 9.08. The SMILES string of the molecule is COC(=O)c1ccc(CBr)c(F)c1.COC(=O)c1ccc(CN(c2cncnc2)S(C)(=O)=O)c(F)c1.CS(=O)(=O)Nc1cncnc1. The number of carbonyl (C=O) groups is 2. The zero-order valence-electron chi connectivity index (χ0n) is 25.3. The van der Waals surface area contributed by atoms with E-state index in [1.807, 2.05) is 0 Å². The van der Waals surface area contributed by atoms with E-state index in [1.165, 1.54) is 75.9 Å². The van der Waals surface area contributed by atoms with Crippen LogP contribution in [0, 0.1) is 11.6 Å². The third kappa shape index (κ3) is 13.0.